The van der Waals surface area contributed by atoms with Gasteiger partial charge in [0.25, 0.3) is 0 Å². The molecule has 1 saturated heterocycles. The molecule has 1 aliphatic rings. The molecule has 2 rings (SSSR count). The Bertz CT molecular complexity index is 503. The van der Waals surface area contributed by atoms with Crippen LogP contribution in [0.15, 0.2) is 23.2 Å². The fourth-order valence-corrected chi connectivity index (χ4v) is 3.50. The highest BCUT2D eigenvalue weighted by Crippen LogP contribution is 2.24. The second kappa shape index (κ2) is 4.59. The van der Waals surface area contributed by atoms with Crippen LogP contribution in [0.5, 0.6) is 0 Å². The molecule has 1 aromatic rings. The number of nitrogens with two attached hydrogens (primary N) is 1. The number of anilines is 1. The molecule has 3 N–H and O–H groups in total. The lowest BCUT2D eigenvalue weighted by molar-refractivity contribution is 0.464. The van der Waals surface area contributed by atoms with Crippen molar-refractivity contribution < 1.29 is 8.42 Å². The lowest BCUT2D eigenvalue weighted by Gasteiger charge is -2.16. The van der Waals surface area contributed by atoms with Gasteiger partial charge in [0, 0.05) is 25.4 Å². The first kappa shape index (κ1) is 12.3. The van der Waals surface area contributed by atoms with Gasteiger partial charge in [0.05, 0.1) is 4.90 Å². The minimum atomic E-state index is -3.41. The third kappa shape index (κ3) is 2.41. The minimum Gasteiger partial charge on any atom is -0.308 e. The Balaban J connectivity index is 2.31. The van der Waals surface area contributed by atoms with E-state index < -0.39 is 10.0 Å². The van der Waals surface area contributed by atoms with Crippen LogP contribution in [0.3, 0.4) is 0 Å². The molecule has 1 atom stereocenters. The van der Waals surface area contributed by atoms with Crippen LogP contribution >= 0.6 is 0 Å². The molecule has 0 spiro atoms. The number of hydrazine groups is 1. The highest BCUT2D eigenvalue weighted by molar-refractivity contribution is 7.89. The van der Waals surface area contributed by atoms with Gasteiger partial charge in [0.2, 0.25) is 10.0 Å². The van der Waals surface area contributed by atoms with Crippen molar-refractivity contribution >= 4 is 15.8 Å². The molecule has 1 aromatic heterocycles. The van der Waals surface area contributed by atoms with Gasteiger partial charge in [-0.3, -0.25) is 0 Å². The molecule has 0 amide bonds. The van der Waals surface area contributed by atoms with E-state index in [0.29, 0.717) is 24.8 Å². The zero-order valence-corrected chi connectivity index (χ0v) is 10.4. The zero-order chi connectivity index (χ0) is 12.5. The van der Waals surface area contributed by atoms with Crippen LogP contribution in [0.25, 0.3) is 0 Å². The first-order valence-electron chi connectivity index (χ1n) is 5.47. The van der Waals surface area contributed by atoms with Crippen LogP contribution in [0.2, 0.25) is 0 Å². The SMILES string of the molecule is CC1CCN(S(=O)(=O)c2ccnc(NN)c2)C1. The van der Waals surface area contributed by atoms with Gasteiger partial charge < -0.3 is 5.43 Å². The maximum absolute atomic E-state index is 12.3. The normalized spacial score (nSPS) is 21.6. The molecule has 1 fully saturated rings. The van der Waals surface area contributed by atoms with Gasteiger partial charge in [0.1, 0.15) is 5.82 Å². The molecule has 0 aliphatic carbocycles. The Morgan fingerprint density at radius 3 is 2.94 bits per heavy atom. The first-order valence-corrected chi connectivity index (χ1v) is 6.91. The van der Waals surface area contributed by atoms with Crippen molar-refractivity contribution in [1.29, 1.82) is 0 Å². The molecule has 17 heavy (non-hydrogen) atoms. The van der Waals surface area contributed by atoms with Crippen LogP contribution in [0.4, 0.5) is 5.82 Å². The standard InChI is InChI=1S/C10H16N4O2S/c1-8-3-5-14(7-8)17(15,16)9-2-4-12-10(6-9)13-11/h2,4,6,8H,3,5,7,11H2,1H3,(H,12,13). The van der Waals surface area contributed by atoms with Crippen molar-refractivity contribution in [3.63, 3.8) is 0 Å². The predicted octanol–water partition coefficient (Wildman–Crippen LogP) is 0.398. The Kier molecular flexibility index (Phi) is 3.32. The van der Waals surface area contributed by atoms with Crippen molar-refractivity contribution in [3.05, 3.63) is 18.3 Å². The van der Waals surface area contributed by atoms with E-state index in [1.807, 2.05) is 0 Å². The number of hydrogen-bond donors (Lipinski definition) is 2. The highest BCUT2D eigenvalue weighted by Gasteiger charge is 2.30. The number of sulfonamides is 1. The lowest BCUT2D eigenvalue weighted by Crippen LogP contribution is -2.28. The lowest BCUT2D eigenvalue weighted by atomic mass is 10.2. The summed E-state index contributed by atoms with van der Waals surface area (Å²) in [4.78, 5) is 4.12. The van der Waals surface area contributed by atoms with Gasteiger partial charge in [-0.2, -0.15) is 4.31 Å². The Morgan fingerprint density at radius 1 is 1.59 bits per heavy atom. The fraction of sp³-hybridized carbons (Fsp3) is 0.500. The molecule has 94 valence electrons. The molecule has 2 heterocycles. The smallest absolute Gasteiger partial charge is 0.243 e. The third-order valence-corrected chi connectivity index (χ3v) is 4.76. The molecular formula is C10H16N4O2S. The summed E-state index contributed by atoms with van der Waals surface area (Å²) in [7, 11) is -3.41. The maximum Gasteiger partial charge on any atom is 0.243 e. The minimum absolute atomic E-state index is 0.231. The number of rotatable bonds is 3. The van der Waals surface area contributed by atoms with Crippen LogP contribution < -0.4 is 11.3 Å². The van der Waals surface area contributed by atoms with Gasteiger partial charge in [-0.1, -0.05) is 6.92 Å². The predicted molar refractivity (Wildman–Crippen MR) is 64.6 cm³/mol. The Morgan fingerprint density at radius 2 is 2.35 bits per heavy atom. The Hall–Kier alpha value is -1.18. The van der Waals surface area contributed by atoms with E-state index in [4.69, 9.17) is 5.84 Å². The summed E-state index contributed by atoms with van der Waals surface area (Å²) in [6.45, 7) is 3.21. The van der Waals surface area contributed by atoms with E-state index in [1.165, 1.54) is 22.6 Å². The van der Waals surface area contributed by atoms with Gasteiger partial charge >= 0.3 is 0 Å². The number of hydrogen-bond acceptors (Lipinski definition) is 5. The van der Waals surface area contributed by atoms with Crippen LogP contribution in [0, 0.1) is 5.92 Å². The quantitative estimate of drug-likeness (QED) is 0.603. The average molecular weight is 256 g/mol. The number of nitrogen functional groups attached to an aromatic ring is 1. The number of nitrogens with zero attached hydrogens (tertiary/aromatic N) is 2. The van der Waals surface area contributed by atoms with Crippen LogP contribution in [-0.4, -0.2) is 30.8 Å². The van der Waals surface area contributed by atoms with Gasteiger partial charge in [-0.25, -0.2) is 19.2 Å². The van der Waals surface area contributed by atoms with E-state index in [2.05, 4.69) is 17.3 Å². The number of aromatic nitrogens is 1. The van der Waals surface area contributed by atoms with Gasteiger partial charge in [0.15, 0.2) is 0 Å². The monoisotopic (exact) mass is 256 g/mol. The van der Waals surface area contributed by atoms with Crippen molar-refractivity contribution in [3.8, 4) is 0 Å². The van der Waals surface area contributed by atoms with Crippen molar-refractivity contribution in [2.45, 2.75) is 18.2 Å². The molecule has 6 nitrogen and oxygen atoms in total. The van der Waals surface area contributed by atoms with E-state index in [0.717, 1.165) is 6.42 Å². The average Bonchev–Trinajstić information content (AvgIpc) is 2.76. The second-order valence-electron chi connectivity index (χ2n) is 4.28. The number of nitrogens with one attached hydrogen (secondary N) is 1. The van der Waals surface area contributed by atoms with Gasteiger partial charge in [-0.15, -0.1) is 0 Å². The van der Waals surface area contributed by atoms with Crippen LogP contribution in [-0.2, 0) is 10.0 Å². The van der Waals surface area contributed by atoms with E-state index >= 15 is 0 Å². The summed E-state index contributed by atoms with van der Waals surface area (Å²) in [6, 6.07) is 2.93. The summed E-state index contributed by atoms with van der Waals surface area (Å²) < 4.78 is 26.1. The first-order chi connectivity index (χ1) is 8.04. The highest BCUT2D eigenvalue weighted by atomic mass is 32.2. The summed E-state index contributed by atoms with van der Waals surface area (Å²) in [5.74, 6) is 5.98. The summed E-state index contributed by atoms with van der Waals surface area (Å²) in [5.41, 5.74) is 2.34. The van der Waals surface area contributed by atoms with Crippen molar-refractivity contribution in [2.75, 3.05) is 18.5 Å². The van der Waals surface area contributed by atoms with E-state index in [-0.39, 0.29) is 4.90 Å². The molecular weight excluding hydrogens is 240 g/mol. The topological polar surface area (TPSA) is 88.3 Å². The van der Waals surface area contributed by atoms with Crippen molar-refractivity contribution in [1.82, 2.24) is 9.29 Å². The molecule has 0 radical (unpaired) electrons. The molecule has 1 unspecified atom stereocenters. The van der Waals surface area contributed by atoms with Gasteiger partial charge in [-0.05, 0) is 18.4 Å². The molecule has 0 bridgehead atoms. The number of pyridine rings is 1. The third-order valence-electron chi connectivity index (χ3n) is 2.90. The van der Waals surface area contributed by atoms with Crippen LogP contribution in [0.1, 0.15) is 13.3 Å². The molecule has 1 aliphatic heterocycles. The largest absolute Gasteiger partial charge is 0.308 e. The summed E-state index contributed by atoms with van der Waals surface area (Å²) in [5, 5.41) is 0. The molecule has 0 saturated carbocycles. The second-order valence-corrected chi connectivity index (χ2v) is 6.22. The summed E-state index contributed by atoms with van der Waals surface area (Å²) >= 11 is 0. The fourth-order valence-electron chi connectivity index (χ4n) is 1.91. The molecule has 7 heteroatoms. The molecule has 0 aromatic carbocycles. The maximum atomic E-state index is 12.3. The van der Waals surface area contributed by atoms with Crippen molar-refractivity contribution in [2.24, 2.45) is 11.8 Å². The summed E-state index contributed by atoms with van der Waals surface area (Å²) in [6.07, 6.45) is 2.34. The Labute approximate surface area is 101 Å². The van der Waals surface area contributed by atoms with E-state index in [9.17, 15) is 8.42 Å². The zero-order valence-electron chi connectivity index (χ0n) is 9.63. The van der Waals surface area contributed by atoms with E-state index in [1.54, 1.807) is 0 Å².